The van der Waals surface area contributed by atoms with Gasteiger partial charge in [-0.3, -0.25) is 4.79 Å². The molecule has 0 amide bonds. The van der Waals surface area contributed by atoms with E-state index in [0.29, 0.717) is 5.88 Å². The molecule has 1 nitrogen and oxygen atoms in total. The molecule has 2 rings (SSSR count). The molecule has 0 bridgehead atoms. The minimum Gasteiger partial charge on any atom is -0.298 e. The van der Waals surface area contributed by atoms with Crippen molar-refractivity contribution in [2.24, 2.45) is 0 Å². The number of alkyl halides is 1. The Morgan fingerprint density at radius 1 is 1.50 bits per heavy atom. The Labute approximate surface area is 91.3 Å². The van der Waals surface area contributed by atoms with E-state index in [1.807, 2.05) is 18.4 Å². The molecule has 0 radical (unpaired) electrons. The quantitative estimate of drug-likeness (QED) is 0.561. The Balaban J connectivity index is 2.85. The van der Waals surface area contributed by atoms with Crippen LogP contribution < -0.4 is 0 Å². The van der Waals surface area contributed by atoms with Crippen LogP contribution in [-0.4, -0.2) is 6.29 Å². The van der Waals surface area contributed by atoms with Crippen molar-refractivity contribution in [2.75, 3.05) is 0 Å². The van der Waals surface area contributed by atoms with E-state index in [-0.39, 0.29) is 0 Å². The molecule has 14 heavy (non-hydrogen) atoms. The van der Waals surface area contributed by atoms with E-state index in [1.54, 1.807) is 11.3 Å². The van der Waals surface area contributed by atoms with Gasteiger partial charge in [0.25, 0.3) is 0 Å². The van der Waals surface area contributed by atoms with Gasteiger partial charge in [-0.25, -0.2) is 0 Å². The summed E-state index contributed by atoms with van der Waals surface area (Å²) < 4.78 is 1.14. The highest BCUT2D eigenvalue weighted by molar-refractivity contribution is 7.17. The Hall–Kier alpha value is -0.860. The van der Waals surface area contributed by atoms with Crippen LogP contribution in [0.25, 0.3) is 10.1 Å². The molecule has 0 spiro atoms. The molecule has 0 saturated carbocycles. The highest BCUT2D eigenvalue weighted by Crippen LogP contribution is 2.30. The molecule has 72 valence electrons. The number of carbonyl (C=O) groups excluding carboxylic acids is 1. The van der Waals surface area contributed by atoms with Crippen LogP contribution in [-0.2, 0) is 5.88 Å². The van der Waals surface area contributed by atoms with E-state index >= 15 is 0 Å². The van der Waals surface area contributed by atoms with Gasteiger partial charge in [0, 0.05) is 26.9 Å². The third-order valence-electron chi connectivity index (χ3n) is 2.20. The van der Waals surface area contributed by atoms with E-state index < -0.39 is 0 Å². The Morgan fingerprint density at radius 3 is 2.93 bits per heavy atom. The van der Waals surface area contributed by atoms with Crippen molar-refractivity contribution >= 4 is 39.3 Å². The normalized spacial score (nSPS) is 10.7. The van der Waals surface area contributed by atoms with Crippen molar-refractivity contribution in [3.63, 3.8) is 0 Å². The Bertz CT molecular complexity index is 487. The second-order valence-corrected chi connectivity index (χ2v) is 4.42. The zero-order chi connectivity index (χ0) is 10.1. The summed E-state index contributed by atoms with van der Waals surface area (Å²) in [6.45, 7) is 2.04. The fourth-order valence-electron chi connectivity index (χ4n) is 1.62. The summed E-state index contributed by atoms with van der Waals surface area (Å²) in [5.41, 5.74) is 2.98. The summed E-state index contributed by atoms with van der Waals surface area (Å²) in [6, 6.07) is 4.12. The van der Waals surface area contributed by atoms with E-state index in [2.05, 4.69) is 6.07 Å². The molecule has 0 aliphatic carbocycles. The van der Waals surface area contributed by atoms with Gasteiger partial charge in [0.1, 0.15) is 0 Å². The molecule has 3 heteroatoms. The summed E-state index contributed by atoms with van der Waals surface area (Å²) in [6.07, 6.45) is 0.893. The number of hydrogen-bond acceptors (Lipinski definition) is 2. The molecular weight excluding hydrogens is 216 g/mol. The van der Waals surface area contributed by atoms with Crippen LogP contribution in [0.15, 0.2) is 17.5 Å². The van der Waals surface area contributed by atoms with Crippen LogP contribution >= 0.6 is 22.9 Å². The number of rotatable bonds is 2. The average molecular weight is 225 g/mol. The van der Waals surface area contributed by atoms with Crippen molar-refractivity contribution in [3.05, 3.63) is 34.2 Å². The predicted octanol–water partition coefficient (Wildman–Crippen LogP) is 3.76. The van der Waals surface area contributed by atoms with Crippen molar-refractivity contribution in [1.82, 2.24) is 0 Å². The van der Waals surface area contributed by atoms with Crippen molar-refractivity contribution in [2.45, 2.75) is 12.8 Å². The van der Waals surface area contributed by atoms with Gasteiger partial charge < -0.3 is 0 Å². The van der Waals surface area contributed by atoms with Gasteiger partial charge in [-0.1, -0.05) is 6.07 Å². The summed E-state index contributed by atoms with van der Waals surface area (Å²) in [4.78, 5) is 10.8. The van der Waals surface area contributed by atoms with Gasteiger partial charge in [-0.2, -0.15) is 0 Å². The lowest BCUT2D eigenvalue weighted by atomic mass is 10.1. The van der Waals surface area contributed by atoms with Crippen LogP contribution in [0.2, 0.25) is 0 Å². The number of halogens is 1. The molecule has 0 fully saturated rings. The molecule has 0 unspecified atom stereocenters. The van der Waals surface area contributed by atoms with Gasteiger partial charge >= 0.3 is 0 Å². The molecule has 0 N–H and O–H groups in total. The number of fused-ring (bicyclic) bond motifs is 1. The smallest absolute Gasteiger partial charge is 0.151 e. The highest BCUT2D eigenvalue weighted by Gasteiger charge is 2.08. The van der Waals surface area contributed by atoms with Gasteiger partial charge in [-0.15, -0.1) is 22.9 Å². The molecule has 1 heterocycles. The first-order valence-electron chi connectivity index (χ1n) is 4.28. The third kappa shape index (κ3) is 1.45. The Morgan fingerprint density at radius 2 is 2.29 bits per heavy atom. The van der Waals surface area contributed by atoms with Crippen LogP contribution in [0.4, 0.5) is 0 Å². The highest BCUT2D eigenvalue weighted by atomic mass is 35.5. The van der Waals surface area contributed by atoms with Crippen LogP contribution in [0.3, 0.4) is 0 Å². The third-order valence-corrected chi connectivity index (χ3v) is 3.44. The zero-order valence-corrected chi connectivity index (χ0v) is 9.28. The van der Waals surface area contributed by atoms with Gasteiger partial charge in [0.05, 0.1) is 0 Å². The molecule has 1 aromatic heterocycles. The summed E-state index contributed by atoms with van der Waals surface area (Å²) >= 11 is 7.44. The number of carbonyl (C=O) groups is 1. The maximum atomic E-state index is 10.8. The first-order chi connectivity index (χ1) is 6.76. The van der Waals surface area contributed by atoms with Crippen LogP contribution in [0, 0.1) is 6.92 Å². The summed E-state index contributed by atoms with van der Waals surface area (Å²) in [5.74, 6) is 0.454. The van der Waals surface area contributed by atoms with Crippen LogP contribution in [0.5, 0.6) is 0 Å². The fourth-order valence-corrected chi connectivity index (χ4v) is 2.88. The fraction of sp³-hybridized carbons (Fsp3) is 0.182. The SMILES string of the molecule is Cc1cc(CCl)c2c(C=O)csc2c1. The lowest BCUT2D eigenvalue weighted by Crippen LogP contribution is -1.85. The molecule has 0 aliphatic rings. The average Bonchev–Trinajstić information content (AvgIpc) is 2.59. The van der Waals surface area contributed by atoms with Crippen LogP contribution in [0.1, 0.15) is 21.5 Å². The maximum Gasteiger partial charge on any atom is 0.151 e. The second-order valence-electron chi connectivity index (χ2n) is 3.24. The minimum absolute atomic E-state index is 0.454. The number of hydrogen-bond donors (Lipinski definition) is 0. The minimum atomic E-state index is 0.454. The van der Waals surface area contributed by atoms with E-state index in [1.165, 1.54) is 5.56 Å². The van der Waals surface area contributed by atoms with Gasteiger partial charge in [0.15, 0.2) is 6.29 Å². The summed E-state index contributed by atoms with van der Waals surface area (Å²) in [7, 11) is 0. The molecule has 0 saturated heterocycles. The standard InChI is InChI=1S/C11H9ClOS/c1-7-2-8(4-12)11-9(5-13)6-14-10(11)3-7/h2-3,5-6H,4H2,1H3. The van der Waals surface area contributed by atoms with Crippen molar-refractivity contribution in [1.29, 1.82) is 0 Å². The number of thiophene rings is 1. The van der Waals surface area contributed by atoms with E-state index in [0.717, 1.165) is 27.5 Å². The van der Waals surface area contributed by atoms with Gasteiger partial charge in [0.2, 0.25) is 0 Å². The number of aryl methyl sites for hydroxylation is 1. The maximum absolute atomic E-state index is 10.8. The zero-order valence-electron chi connectivity index (χ0n) is 7.71. The molecular formula is C11H9ClOS. The Kier molecular flexibility index (Phi) is 2.57. The van der Waals surface area contributed by atoms with Crippen molar-refractivity contribution < 1.29 is 4.79 Å². The number of aldehydes is 1. The first-order valence-corrected chi connectivity index (χ1v) is 5.69. The monoisotopic (exact) mass is 224 g/mol. The molecule has 0 atom stereocenters. The lowest BCUT2D eigenvalue weighted by Gasteiger charge is -2.01. The number of benzene rings is 1. The van der Waals surface area contributed by atoms with Crippen molar-refractivity contribution in [3.8, 4) is 0 Å². The summed E-state index contributed by atoms with van der Waals surface area (Å²) in [5, 5.41) is 2.90. The molecule has 0 aliphatic heterocycles. The molecule has 1 aromatic carbocycles. The topological polar surface area (TPSA) is 17.1 Å². The second kappa shape index (κ2) is 3.71. The lowest BCUT2D eigenvalue weighted by molar-refractivity contribution is 0.112. The largest absolute Gasteiger partial charge is 0.298 e. The first kappa shape index (κ1) is 9.69. The van der Waals surface area contributed by atoms with E-state index in [9.17, 15) is 4.79 Å². The predicted molar refractivity (Wildman–Crippen MR) is 61.5 cm³/mol. The van der Waals surface area contributed by atoms with Gasteiger partial charge in [-0.05, 0) is 24.1 Å². The molecule has 2 aromatic rings. The van der Waals surface area contributed by atoms with E-state index in [4.69, 9.17) is 11.6 Å².